The van der Waals surface area contributed by atoms with E-state index >= 15 is 0 Å². The number of aliphatic carboxylic acids is 1. The first-order valence-electron chi connectivity index (χ1n) is 18.6. The minimum absolute atomic E-state index is 0.00500. The number of ether oxygens (including phenoxy) is 3. The lowest BCUT2D eigenvalue weighted by molar-refractivity contribution is -0.530. The highest BCUT2D eigenvalue weighted by Gasteiger charge is 2.45. The van der Waals surface area contributed by atoms with Crippen molar-refractivity contribution in [3.8, 4) is 0 Å². The highest BCUT2D eigenvalue weighted by atomic mass is 17.2. The molecule has 6 unspecified atom stereocenters. The summed E-state index contributed by atoms with van der Waals surface area (Å²) in [6.45, 7) is 0.366. The van der Waals surface area contributed by atoms with Gasteiger partial charge in [-0.1, -0.05) is 0 Å². The first-order chi connectivity index (χ1) is 24.1. The summed E-state index contributed by atoms with van der Waals surface area (Å²) in [7, 11) is 0. The summed E-state index contributed by atoms with van der Waals surface area (Å²) in [6.07, 6.45) is 11.6. The van der Waals surface area contributed by atoms with Crippen molar-refractivity contribution in [2.75, 3.05) is 13.2 Å². The number of carboxylic acids is 1. The third-order valence-corrected chi connectivity index (χ3v) is 11.8. The summed E-state index contributed by atoms with van der Waals surface area (Å²) < 4.78 is 18.6. The summed E-state index contributed by atoms with van der Waals surface area (Å²) in [4.78, 5) is 62.1. The van der Waals surface area contributed by atoms with Gasteiger partial charge in [-0.2, -0.15) is 0 Å². The van der Waals surface area contributed by atoms with Crippen LogP contribution < -0.4 is 0 Å². The third kappa shape index (κ3) is 11.0. The summed E-state index contributed by atoms with van der Waals surface area (Å²) in [5.41, 5.74) is 0. The van der Waals surface area contributed by atoms with Crippen LogP contribution in [0.2, 0.25) is 0 Å². The predicted molar refractivity (Wildman–Crippen MR) is 173 cm³/mol. The Morgan fingerprint density at radius 1 is 0.580 bits per heavy atom. The van der Waals surface area contributed by atoms with Crippen LogP contribution in [-0.2, 0) is 38.5 Å². The summed E-state index contributed by atoms with van der Waals surface area (Å²) in [5.74, 6) is -3.79. The second-order valence-electron chi connectivity index (χ2n) is 15.2. The van der Waals surface area contributed by atoms with E-state index in [2.05, 4.69) is 4.89 Å². The number of carboxylic acid groups (broad SMARTS) is 1. The molecule has 2 N–H and O–H groups in total. The number of nitro groups is 2. The molecule has 0 bridgehead atoms. The molecule has 0 aromatic rings. The van der Waals surface area contributed by atoms with Gasteiger partial charge >= 0.3 is 11.9 Å². The van der Waals surface area contributed by atoms with Gasteiger partial charge in [0.1, 0.15) is 6.10 Å². The summed E-state index contributed by atoms with van der Waals surface area (Å²) in [5, 5.41) is 41.0. The molecule has 0 radical (unpaired) electrons. The zero-order valence-electron chi connectivity index (χ0n) is 28.8. The van der Waals surface area contributed by atoms with Crippen molar-refractivity contribution in [1.29, 1.82) is 0 Å². The lowest BCUT2D eigenvalue weighted by Crippen LogP contribution is -2.42. The van der Waals surface area contributed by atoms with E-state index < -0.39 is 40.8 Å². The van der Waals surface area contributed by atoms with Gasteiger partial charge in [-0.15, -0.1) is 0 Å². The van der Waals surface area contributed by atoms with Crippen LogP contribution in [0, 0.1) is 43.9 Å². The number of carbonyl (C=O) groups excluding carboxylic acids is 1. The van der Waals surface area contributed by atoms with Crippen molar-refractivity contribution in [2.24, 2.45) is 23.7 Å². The maximum Gasteiger partial charge on any atom is 0.310 e. The number of carbonyl (C=O) groups is 2. The molecular weight excluding hydrogens is 660 g/mol. The van der Waals surface area contributed by atoms with Crippen molar-refractivity contribution in [3.05, 3.63) is 20.2 Å². The molecule has 0 heterocycles. The van der Waals surface area contributed by atoms with Gasteiger partial charge in [0.15, 0.2) is 0 Å². The molecule has 284 valence electrons. The Kier molecular flexibility index (Phi) is 14.6. The number of hydrogen-bond acceptors (Lipinski definition) is 13. The van der Waals surface area contributed by atoms with Gasteiger partial charge in [0.05, 0.1) is 55.6 Å². The molecule has 0 saturated heterocycles. The highest BCUT2D eigenvalue weighted by molar-refractivity contribution is 5.81. The Bertz CT molecular complexity index is 1120. The molecule has 16 heteroatoms. The molecule has 5 rings (SSSR count). The fraction of sp³-hybridized carbons (Fsp3) is 0.941. The standard InChI is InChI=1S/C34H54N2O14/c37-33(38)31-16-3-24(36(42)43)18-32(31)34(39)49-29-10-8-27(9-11-29)47-25-4-6-26(7-5-25)48-28-12-14-30(15-13-28)50-46-20-22-17-23(35(40)41)2-1-21(22)19-45-44/h21-32,44H,1-20H2,(H,37,38). The molecule has 5 aliphatic rings. The van der Waals surface area contributed by atoms with Crippen LogP contribution in [0.3, 0.4) is 0 Å². The minimum Gasteiger partial charge on any atom is -0.481 e. The molecule has 6 atom stereocenters. The third-order valence-electron chi connectivity index (χ3n) is 11.8. The van der Waals surface area contributed by atoms with E-state index in [1.54, 1.807) is 0 Å². The maximum absolute atomic E-state index is 12.9. The summed E-state index contributed by atoms with van der Waals surface area (Å²) >= 11 is 0. The van der Waals surface area contributed by atoms with Crippen LogP contribution >= 0.6 is 0 Å². The molecule has 0 aliphatic heterocycles. The number of esters is 1. The van der Waals surface area contributed by atoms with Gasteiger partial charge in [0, 0.05) is 35.5 Å². The van der Waals surface area contributed by atoms with Crippen LogP contribution in [-0.4, -0.2) is 94.1 Å². The zero-order chi connectivity index (χ0) is 35.6. The molecule has 0 spiro atoms. The fourth-order valence-corrected chi connectivity index (χ4v) is 8.78. The van der Waals surface area contributed by atoms with Crippen LogP contribution in [0.4, 0.5) is 0 Å². The first-order valence-corrected chi connectivity index (χ1v) is 18.6. The Morgan fingerprint density at radius 3 is 1.56 bits per heavy atom. The summed E-state index contributed by atoms with van der Waals surface area (Å²) in [6, 6.07) is -1.52. The van der Waals surface area contributed by atoms with E-state index in [4.69, 9.17) is 29.2 Å². The SMILES string of the molecule is O=C(O)C1CCC([N+](=O)[O-])CC1C(=O)OC1CCC(OC2CCC(OC3CCC(OOCC4CC([N+](=O)[O-])CCC4COO)CC3)CC2)CC1. The average Bonchev–Trinajstić information content (AvgIpc) is 3.11. The van der Waals surface area contributed by atoms with Crippen molar-refractivity contribution >= 4 is 11.9 Å². The normalized spacial score (nSPS) is 38.2. The quantitative estimate of drug-likeness (QED) is 0.0972. The maximum atomic E-state index is 12.9. The minimum atomic E-state index is -1.11. The van der Waals surface area contributed by atoms with E-state index in [-0.39, 0.29) is 85.9 Å². The van der Waals surface area contributed by atoms with Crippen LogP contribution in [0.1, 0.15) is 116 Å². The van der Waals surface area contributed by atoms with Crippen molar-refractivity contribution in [3.63, 3.8) is 0 Å². The zero-order valence-corrected chi connectivity index (χ0v) is 28.8. The average molecular weight is 715 g/mol. The van der Waals surface area contributed by atoms with Crippen molar-refractivity contribution in [2.45, 2.75) is 164 Å². The molecule has 0 aromatic carbocycles. The Morgan fingerprint density at radius 2 is 1.06 bits per heavy atom. The van der Waals surface area contributed by atoms with Gasteiger partial charge in [0.25, 0.3) is 0 Å². The van der Waals surface area contributed by atoms with E-state index in [0.29, 0.717) is 32.1 Å². The monoisotopic (exact) mass is 714 g/mol. The second kappa shape index (κ2) is 18.8. The molecular formula is C34H54N2O14. The topological polar surface area (TPSA) is 216 Å². The van der Waals surface area contributed by atoms with E-state index in [1.165, 1.54) is 0 Å². The van der Waals surface area contributed by atoms with E-state index in [0.717, 1.165) is 64.2 Å². The molecule has 5 aliphatic carbocycles. The van der Waals surface area contributed by atoms with Crippen LogP contribution in [0.5, 0.6) is 0 Å². The highest BCUT2D eigenvalue weighted by Crippen LogP contribution is 2.36. The lowest BCUT2D eigenvalue weighted by atomic mass is 9.77. The molecule has 5 saturated carbocycles. The molecule has 5 fully saturated rings. The van der Waals surface area contributed by atoms with E-state index in [1.807, 2.05) is 0 Å². The smallest absolute Gasteiger partial charge is 0.310 e. The first kappa shape index (κ1) is 38.7. The lowest BCUT2D eigenvalue weighted by Gasteiger charge is -2.37. The number of rotatable bonds is 15. The Balaban J connectivity index is 0.930. The van der Waals surface area contributed by atoms with Crippen molar-refractivity contribution in [1.82, 2.24) is 0 Å². The van der Waals surface area contributed by atoms with Gasteiger partial charge in [-0.05, 0) is 102 Å². The van der Waals surface area contributed by atoms with Gasteiger partial charge in [-0.3, -0.25) is 35.1 Å². The molecule has 50 heavy (non-hydrogen) atoms. The van der Waals surface area contributed by atoms with Crippen molar-refractivity contribution < 1.29 is 58.7 Å². The van der Waals surface area contributed by atoms with Crippen LogP contribution in [0.15, 0.2) is 0 Å². The van der Waals surface area contributed by atoms with Gasteiger partial charge in [0.2, 0.25) is 12.1 Å². The molecule has 0 amide bonds. The largest absolute Gasteiger partial charge is 0.481 e. The molecule has 0 aromatic heterocycles. The fourth-order valence-electron chi connectivity index (χ4n) is 8.78. The second-order valence-corrected chi connectivity index (χ2v) is 15.2. The van der Waals surface area contributed by atoms with Gasteiger partial charge < -0.3 is 19.3 Å². The van der Waals surface area contributed by atoms with Gasteiger partial charge in [-0.25, -0.2) is 14.7 Å². The van der Waals surface area contributed by atoms with E-state index in [9.17, 15) is 34.9 Å². The Hall–Kier alpha value is -2.50. The predicted octanol–water partition coefficient (Wildman–Crippen LogP) is 5.14. The number of nitrogens with zero attached hydrogens (tertiary/aromatic N) is 2. The van der Waals surface area contributed by atoms with Crippen LogP contribution in [0.25, 0.3) is 0 Å². The Labute approximate surface area is 292 Å². The molecule has 16 nitrogen and oxygen atoms in total. The number of hydrogen-bond donors (Lipinski definition) is 2.